The molecule has 0 unspecified atom stereocenters. The fourth-order valence-corrected chi connectivity index (χ4v) is 0.629. The van der Waals surface area contributed by atoms with Crippen molar-refractivity contribution in [3.05, 3.63) is 0 Å². The average Bonchev–Trinajstić information content (AvgIpc) is 1.97. The molecule has 0 rings (SSSR count). The van der Waals surface area contributed by atoms with E-state index >= 15 is 0 Å². The fraction of sp³-hybridized carbons (Fsp3) is 0.667. The van der Waals surface area contributed by atoms with Crippen molar-refractivity contribution >= 4 is 12.3 Å². The summed E-state index contributed by atoms with van der Waals surface area (Å²) in [7, 11) is 0. The molecule has 11 heavy (non-hydrogen) atoms. The standard InChI is InChI=1S/C6H13N3O2/c7-5(3-9-4-10)1-2-6(8)11/h4-5H,1-3,7H2,(H2,8,11)(H,9,10)/t5-/m0/s1. The summed E-state index contributed by atoms with van der Waals surface area (Å²) in [5.41, 5.74) is 10.4. The molecule has 0 aromatic carbocycles. The number of primary amides is 1. The second-order valence-corrected chi connectivity index (χ2v) is 2.29. The fourth-order valence-electron chi connectivity index (χ4n) is 0.629. The van der Waals surface area contributed by atoms with Crippen molar-refractivity contribution in [3.63, 3.8) is 0 Å². The van der Waals surface area contributed by atoms with Crippen molar-refractivity contribution < 1.29 is 9.59 Å². The van der Waals surface area contributed by atoms with E-state index in [4.69, 9.17) is 11.5 Å². The summed E-state index contributed by atoms with van der Waals surface area (Å²) < 4.78 is 0. The third-order valence-electron chi connectivity index (χ3n) is 1.22. The molecule has 0 aliphatic rings. The number of amides is 2. The highest BCUT2D eigenvalue weighted by atomic mass is 16.1. The number of nitrogens with two attached hydrogens (primary N) is 2. The lowest BCUT2D eigenvalue weighted by Crippen LogP contribution is -2.34. The van der Waals surface area contributed by atoms with E-state index in [2.05, 4.69) is 5.32 Å². The molecule has 0 saturated carbocycles. The van der Waals surface area contributed by atoms with Gasteiger partial charge >= 0.3 is 0 Å². The molecule has 5 nitrogen and oxygen atoms in total. The van der Waals surface area contributed by atoms with Crippen LogP contribution in [0.1, 0.15) is 12.8 Å². The Morgan fingerprint density at radius 1 is 1.64 bits per heavy atom. The Morgan fingerprint density at radius 3 is 2.73 bits per heavy atom. The molecule has 0 aliphatic carbocycles. The van der Waals surface area contributed by atoms with Gasteiger partial charge < -0.3 is 16.8 Å². The lowest BCUT2D eigenvalue weighted by Gasteiger charge is -2.07. The third kappa shape index (κ3) is 6.79. The highest BCUT2D eigenvalue weighted by Crippen LogP contribution is 1.90. The molecule has 0 aliphatic heterocycles. The second-order valence-electron chi connectivity index (χ2n) is 2.29. The van der Waals surface area contributed by atoms with Crippen molar-refractivity contribution in [2.45, 2.75) is 18.9 Å². The van der Waals surface area contributed by atoms with Crippen LogP contribution in [0.5, 0.6) is 0 Å². The number of hydrogen-bond donors (Lipinski definition) is 3. The van der Waals surface area contributed by atoms with Crippen LogP contribution in [0.2, 0.25) is 0 Å². The minimum Gasteiger partial charge on any atom is -0.370 e. The van der Waals surface area contributed by atoms with Crippen LogP contribution < -0.4 is 16.8 Å². The van der Waals surface area contributed by atoms with E-state index in [1.807, 2.05) is 0 Å². The molecule has 0 heterocycles. The zero-order valence-electron chi connectivity index (χ0n) is 6.25. The average molecular weight is 159 g/mol. The van der Waals surface area contributed by atoms with Gasteiger partial charge in [0.1, 0.15) is 0 Å². The molecule has 0 fully saturated rings. The maximum absolute atomic E-state index is 10.3. The van der Waals surface area contributed by atoms with Gasteiger partial charge in [0.2, 0.25) is 12.3 Å². The molecular weight excluding hydrogens is 146 g/mol. The van der Waals surface area contributed by atoms with Gasteiger partial charge in [-0.15, -0.1) is 0 Å². The zero-order valence-corrected chi connectivity index (χ0v) is 6.25. The first-order valence-electron chi connectivity index (χ1n) is 3.37. The van der Waals surface area contributed by atoms with E-state index < -0.39 is 0 Å². The van der Waals surface area contributed by atoms with Gasteiger partial charge in [-0.2, -0.15) is 0 Å². The van der Waals surface area contributed by atoms with E-state index in [9.17, 15) is 9.59 Å². The van der Waals surface area contributed by atoms with Crippen molar-refractivity contribution in [3.8, 4) is 0 Å². The highest BCUT2D eigenvalue weighted by molar-refractivity contribution is 5.73. The number of nitrogens with one attached hydrogen (secondary N) is 1. The Labute approximate surface area is 65.1 Å². The topological polar surface area (TPSA) is 98.2 Å². The Bertz CT molecular complexity index is 138. The molecule has 0 spiro atoms. The van der Waals surface area contributed by atoms with Crippen LogP contribution in [0, 0.1) is 0 Å². The van der Waals surface area contributed by atoms with Crippen molar-refractivity contribution in [1.82, 2.24) is 5.32 Å². The van der Waals surface area contributed by atoms with Crippen LogP contribution in [0.15, 0.2) is 0 Å². The Hall–Kier alpha value is -1.10. The van der Waals surface area contributed by atoms with E-state index in [1.165, 1.54) is 0 Å². The maximum Gasteiger partial charge on any atom is 0.217 e. The second kappa shape index (κ2) is 5.67. The van der Waals surface area contributed by atoms with Gasteiger partial charge in [0.05, 0.1) is 0 Å². The first kappa shape index (κ1) is 9.90. The van der Waals surface area contributed by atoms with Gasteiger partial charge in [-0.25, -0.2) is 0 Å². The van der Waals surface area contributed by atoms with Gasteiger partial charge in [-0.1, -0.05) is 0 Å². The summed E-state index contributed by atoms with van der Waals surface area (Å²) in [6, 6.07) is -0.187. The monoisotopic (exact) mass is 159 g/mol. The molecule has 5 N–H and O–H groups in total. The quantitative estimate of drug-likeness (QED) is 0.404. The van der Waals surface area contributed by atoms with Crippen LogP contribution in [0.4, 0.5) is 0 Å². The lowest BCUT2D eigenvalue weighted by atomic mass is 10.1. The largest absolute Gasteiger partial charge is 0.370 e. The maximum atomic E-state index is 10.3. The first-order valence-corrected chi connectivity index (χ1v) is 3.37. The predicted molar refractivity (Wildman–Crippen MR) is 40.5 cm³/mol. The smallest absolute Gasteiger partial charge is 0.217 e. The number of hydrogen-bond acceptors (Lipinski definition) is 3. The summed E-state index contributed by atoms with van der Waals surface area (Å²) in [5, 5.41) is 2.41. The Morgan fingerprint density at radius 2 is 2.27 bits per heavy atom. The Balaban J connectivity index is 3.28. The van der Waals surface area contributed by atoms with Crippen LogP contribution in [0.25, 0.3) is 0 Å². The zero-order chi connectivity index (χ0) is 8.69. The molecule has 2 amide bonds. The van der Waals surface area contributed by atoms with Crippen LogP contribution >= 0.6 is 0 Å². The van der Waals surface area contributed by atoms with Gasteiger partial charge in [-0.3, -0.25) is 9.59 Å². The van der Waals surface area contributed by atoms with Gasteiger partial charge in [-0.05, 0) is 6.42 Å². The van der Waals surface area contributed by atoms with Gasteiger partial charge in [0.25, 0.3) is 0 Å². The molecule has 0 bridgehead atoms. The number of rotatable bonds is 6. The van der Waals surface area contributed by atoms with Crippen molar-refractivity contribution in [1.29, 1.82) is 0 Å². The normalized spacial score (nSPS) is 12.1. The summed E-state index contributed by atoms with van der Waals surface area (Å²) in [6.07, 6.45) is 1.35. The molecule has 0 aromatic heterocycles. The minimum atomic E-state index is -0.369. The summed E-state index contributed by atoms with van der Waals surface area (Å²) >= 11 is 0. The van der Waals surface area contributed by atoms with Crippen LogP contribution in [0.3, 0.4) is 0 Å². The number of carbonyl (C=O) groups is 2. The molecular formula is C6H13N3O2. The summed E-state index contributed by atoms with van der Waals surface area (Å²) in [5.74, 6) is -0.369. The molecule has 64 valence electrons. The Kier molecular flexibility index (Phi) is 5.10. The molecule has 5 heteroatoms. The van der Waals surface area contributed by atoms with Crippen LogP contribution in [-0.2, 0) is 9.59 Å². The van der Waals surface area contributed by atoms with Gasteiger partial charge in [0, 0.05) is 19.0 Å². The van der Waals surface area contributed by atoms with E-state index in [-0.39, 0.29) is 18.4 Å². The third-order valence-corrected chi connectivity index (χ3v) is 1.22. The summed E-state index contributed by atoms with van der Waals surface area (Å²) in [6.45, 7) is 0.386. The lowest BCUT2D eigenvalue weighted by molar-refractivity contribution is -0.118. The van der Waals surface area contributed by atoms with Gasteiger partial charge in [0.15, 0.2) is 0 Å². The number of carbonyl (C=O) groups excluding carboxylic acids is 2. The molecule has 0 aromatic rings. The van der Waals surface area contributed by atoms with E-state index in [0.29, 0.717) is 19.4 Å². The van der Waals surface area contributed by atoms with E-state index in [0.717, 1.165) is 0 Å². The molecule has 0 saturated heterocycles. The SMILES string of the molecule is NC(=O)CC[C@H](N)CNC=O. The first-order chi connectivity index (χ1) is 5.16. The predicted octanol–water partition coefficient (Wildman–Crippen LogP) is -1.67. The molecule has 0 radical (unpaired) electrons. The van der Waals surface area contributed by atoms with E-state index in [1.54, 1.807) is 0 Å². The van der Waals surface area contributed by atoms with Crippen molar-refractivity contribution in [2.75, 3.05) is 6.54 Å². The minimum absolute atomic E-state index is 0.187. The highest BCUT2D eigenvalue weighted by Gasteiger charge is 2.02. The summed E-state index contributed by atoms with van der Waals surface area (Å²) in [4.78, 5) is 20.0. The van der Waals surface area contributed by atoms with Crippen LogP contribution in [-0.4, -0.2) is 24.9 Å². The van der Waals surface area contributed by atoms with Crippen molar-refractivity contribution in [2.24, 2.45) is 11.5 Å². The molecule has 1 atom stereocenters.